The van der Waals surface area contributed by atoms with Crippen LogP contribution in [0.2, 0.25) is 5.02 Å². The van der Waals surface area contributed by atoms with Crippen molar-refractivity contribution in [3.8, 4) is 0 Å². The average molecular weight is 301 g/mol. The third kappa shape index (κ3) is 3.84. The van der Waals surface area contributed by atoms with Crippen molar-refractivity contribution in [3.63, 3.8) is 0 Å². The SMILES string of the molecule is COC[C@H]1CCC[C@H]1NC(=O)Nc1ccc(F)cc1Cl. The molecule has 1 saturated carbocycles. The predicted molar refractivity (Wildman–Crippen MR) is 76.6 cm³/mol. The first-order valence-corrected chi connectivity index (χ1v) is 6.99. The zero-order valence-corrected chi connectivity index (χ0v) is 12.0. The number of rotatable bonds is 4. The van der Waals surface area contributed by atoms with Crippen LogP contribution < -0.4 is 10.6 Å². The highest BCUT2D eigenvalue weighted by molar-refractivity contribution is 6.33. The molecule has 4 nitrogen and oxygen atoms in total. The largest absolute Gasteiger partial charge is 0.384 e. The van der Waals surface area contributed by atoms with Crippen LogP contribution in [0.4, 0.5) is 14.9 Å². The molecule has 2 amide bonds. The van der Waals surface area contributed by atoms with Crippen LogP contribution in [0.25, 0.3) is 0 Å². The van der Waals surface area contributed by atoms with Crippen molar-refractivity contribution in [3.05, 3.63) is 29.0 Å². The van der Waals surface area contributed by atoms with Gasteiger partial charge in [-0.25, -0.2) is 9.18 Å². The van der Waals surface area contributed by atoms with Gasteiger partial charge in [0, 0.05) is 19.1 Å². The van der Waals surface area contributed by atoms with Crippen molar-refractivity contribution in [2.24, 2.45) is 5.92 Å². The van der Waals surface area contributed by atoms with E-state index >= 15 is 0 Å². The third-order valence-electron chi connectivity index (χ3n) is 3.54. The number of halogens is 2. The van der Waals surface area contributed by atoms with E-state index in [-0.39, 0.29) is 17.1 Å². The van der Waals surface area contributed by atoms with Gasteiger partial charge in [-0.15, -0.1) is 0 Å². The number of hydrogen-bond acceptors (Lipinski definition) is 2. The molecule has 1 aliphatic carbocycles. The van der Waals surface area contributed by atoms with Crippen LogP contribution in [0, 0.1) is 11.7 Å². The molecular formula is C14H18ClFN2O2. The molecule has 1 aliphatic rings. The number of benzene rings is 1. The van der Waals surface area contributed by atoms with Gasteiger partial charge in [0.15, 0.2) is 0 Å². The van der Waals surface area contributed by atoms with E-state index in [1.807, 2.05) is 0 Å². The minimum atomic E-state index is -0.433. The number of amides is 2. The Morgan fingerprint density at radius 2 is 2.30 bits per heavy atom. The molecule has 1 aromatic rings. The summed E-state index contributed by atoms with van der Waals surface area (Å²) in [5.41, 5.74) is 0.395. The number of methoxy groups -OCH3 is 1. The maximum atomic E-state index is 12.9. The first-order chi connectivity index (χ1) is 9.60. The molecule has 0 unspecified atom stereocenters. The van der Waals surface area contributed by atoms with Crippen molar-refractivity contribution in [1.29, 1.82) is 0 Å². The van der Waals surface area contributed by atoms with E-state index in [0.717, 1.165) is 19.3 Å². The van der Waals surface area contributed by atoms with Crippen LogP contribution in [0.5, 0.6) is 0 Å². The second-order valence-corrected chi connectivity index (χ2v) is 5.38. The van der Waals surface area contributed by atoms with Gasteiger partial charge in [0.1, 0.15) is 5.82 Å². The van der Waals surface area contributed by atoms with Crippen molar-refractivity contribution in [2.75, 3.05) is 19.0 Å². The summed E-state index contributed by atoms with van der Waals surface area (Å²) in [5.74, 6) is -0.0913. The lowest BCUT2D eigenvalue weighted by Crippen LogP contribution is -2.41. The maximum absolute atomic E-state index is 12.9. The van der Waals surface area contributed by atoms with E-state index in [2.05, 4.69) is 10.6 Å². The fourth-order valence-corrected chi connectivity index (χ4v) is 2.77. The van der Waals surface area contributed by atoms with Crippen LogP contribution in [0.3, 0.4) is 0 Å². The zero-order chi connectivity index (χ0) is 14.5. The lowest BCUT2D eigenvalue weighted by molar-refractivity contribution is 0.142. The van der Waals surface area contributed by atoms with Crippen molar-refractivity contribution >= 4 is 23.3 Å². The maximum Gasteiger partial charge on any atom is 0.319 e. The Morgan fingerprint density at radius 1 is 1.50 bits per heavy atom. The van der Waals surface area contributed by atoms with Gasteiger partial charge in [-0.1, -0.05) is 18.0 Å². The van der Waals surface area contributed by atoms with Crippen molar-refractivity contribution < 1.29 is 13.9 Å². The summed E-state index contributed by atoms with van der Waals surface area (Å²) >= 11 is 5.87. The van der Waals surface area contributed by atoms with E-state index in [4.69, 9.17) is 16.3 Å². The third-order valence-corrected chi connectivity index (χ3v) is 3.85. The molecule has 20 heavy (non-hydrogen) atoms. The van der Waals surface area contributed by atoms with E-state index < -0.39 is 5.82 Å². The van der Waals surface area contributed by atoms with Gasteiger partial charge in [0.2, 0.25) is 0 Å². The monoisotopic (exact) mass is 300 g/mol. The molecule has 2 atom stereocenters. The Balaban J connectivity index is 1.92. The van der Waals surface area contributed by atoms with Gasteiger partial charge >= 0.3 is 6.03 Å². The summed E-state index contributed by atoms with van der Waals surface area (Å²) in [6.45, 7) is 0.641. The lowest BCUT2D eigenvalue weighted by atomic mass is 10.1. The molecule has 1 fully saturated rings. The van der Waals surface area contributed by atoms with Crippen LogP contribution >= 0.6 is 11.6 Å². The summed E-state index contributed by atoms with van der Waals surface area (Å²) in [6.07, 6.45) is 3.07. The van der Waals surface area contributed by atoms with Gasteiger partial charge in [-0.2, -0.15) is 0 Å². The highest BCUT2D eigenvalue weighted by atomic mass is 35.5. The summed E-state index contributed by atoms with van der Waals surface area (Å²) in [6, 6.07) is 3.64. The topological polar surface area (TPSA) is 50.4 Å². The first kappa shape index (κ1) is 15.1. The molecule has 6 heteroatoms. The standard InChI is InChI=1S/C14H18ClFN2O2/c1-20-8-9-3-2-4-12(9)17-14(19)18-13-6-5-10(16)7-11(13)15/h5-7,9,12H,2-4,8H2,1H3,(H2,17,18,19)/t9-,12-/m1/s1. The summed E-state index contributed by atoms with van der Waals surface area (Å²) in [7, 11) is 1.66. The molecule has 1 aromatic carbocycles. The van der Waals surface area contributed by atoms with Gasteiger partial charge in [0.05, 0.1) is 17.3 Å². The number of anilines is 1. The normalized spacial score (nSPS) is 21.8. The minimum absolute atomic E-state index is 0.106. The molecule has 0 bridgehead atoms. The Labute approximate surface area is 122 Å². The quantitative estimate of drug-likeness (QED) is 0.895. The van der Waals surface area contributed by atoms with E-state index in [9.17, 15) is 9.18 Å². The van der Waals surface area contributed by atoms with Crippen LogP contribution in [-0.4, -0.2) is 25.8 Å². The molecule has 2 N–H and O–H groups in total. The van der Waals surface area contributed by atoms with E-state index in [1.54, 1.807) is 7.11 Å². The van der Waals surface area contributed by atoms with Crippen molar-refractivity contribution in [2.45, 2.75) is 25.3 Å². The highest BCUT2D eigenvalue weighted by Gasteiger charge is 2.28. The van der Waals surface area contributed by atoms with Crippen LogP contribution in [0.1, 0.15) is 19.3 Å². The molecule has 0 aliphatic heterocycles. The number of urea groups is 1. The number of ether oxygens (including phenoxy) is 1. The Morgan fingerprint density at radius 3 is 3.00 bits per heavy atom. The molecule has 0 radical (unpaired) electrons. The summed E-state index contributed by atoms with van der Waals surface area (Å²) in [5, 5.41) is 5.74. The molecule has 0 saturated heterocycles. The lowest BCUT2D eigenvalue weighted by Gasteiger charge is -2.20. The first-order valence-electron chi connectivity index (χ1n) is 6.61. The summed E-state index contributed by atoms with van der Waals surface area (Å²) < 4.78 is 18.1. The molecule has 0 aromatic heterocycles. The van der Waals surface area contributed by atoms with Crippen molar-refractivity contribution in [1.82, 2.24) is 5.32 Å². The predicted octanol–water partition coefficient (Wildman–Crippen LogP) is 3.42. The molecular weight excluding hydrogens is 283 g/mol. The zero-order valence-electron chi connectivity index (χ0n) is 11.3. The Bertz CT molecular complexity index is 484. The second kappa shape index (κ2) is 6.90. The molecule has 0 heterocycles. The average Bonchev–Trinajstić information content (AvgIpc) is 2.81. The van der Waals surface area contributed by atoms with E-state index in [1.165, 1.54) is 18.2 Å². The van der Waals surface area contributed by atoms with Gasteiger partial charge < -0.3 is 15.4 Å². The summed E-state index contributed by atoms with van der Waals surface area (Å²) in [4.78, 5) is 11.9. The number of carbonyl (C=O) groups is 1. The number of nitrogens with one attached hydrogen (secondary N) is 2. The Kier molecular flexibility index (Phi) is 5.20. The van der Waals surface area contributed by atoms with E-state index in [0.29, 0.717) is 18.2 Å². The number of carbonyl (C=O) groups excluding carboxylic acids is 1. The van der Waals surface area contributed by atoms with Gasteiger partial charge in [-0.3, -0.25) is 0 Å². The fraction of sp³-hybridized carbons (Fsp3) is 0.500. The fourth-order valence-electron chi connectivity index (χ4n) is 2.56. The molecule has 110 valence electrons. The second-order valence-electron chi connectivity index (χ2n) is 4.98. The highest BCUT2D eigenvalue weighted by Crippen LogP contribution is 2.26. The molecule has 2 rings (SSSR count). The smallest absolute Gasteiger partial charge is 0.319 e. The minimum Gasteiger partial charge on any atom is -0.384 e. The van der Waals surface area contributed by atoms with Crippen LogP contribution in [-0.2, 0) is 4.74 Å². The number of hydrogen-bond donors (Lipinski definition) is 2. The molecule has 0 spiro atoms. The van der Waals surface area contributed by atoms with Crippen LogP contribution in [0.15, 0.2) is 18.2 Å². The van der Waals surface area contributed by atoms with Gasteiger partial charge in [-0.05, 0) is 31.0 Å². The van der Waals surface area contributed by atoms with Gasteiger partial charge in [0.25, 0.3) is 0 Å². The Hall–Kier alpha value is -1.33.